The molecule has 1 aromatic carbocycles. The Morgan fingerprint density at radius 2 is 1.50 bits per heavy atom. The molecule has 1 atom stereocenters. The SMILES string of the molecule is CCC([O])c1ccccc1C(Cl)(Cl)C(Cl)(Cl)C(Cl)(Cl)Cl. The molecule has 0 aliphatic carbocycles. The van der Waals surface area contributed by atoms with Gasteiger partial charge in [-0.2, -0.15) is 0 Å². The summed E-state index contributed by atoms with van der Waals surface area (Å²) in [7, 11) is 0. The Morgan fingerprint density at radius 1 is 1.00 bits per heavy atom. The summed E-state index contributed by atoms with van der Waals surface area (Å²) in [5.41, 5.74) is 0.585. The monoisotopic (exact) mass is 415 g/mol. The second kappa shape index (κ2) is 6.76. The summed E-state index contributed by atoms with van der Waals surface area (Å²) in [5, 5.41) is 12.0. The third-order valence-electron chi connectivity index (χ3n) is 2.77. The van der Waals surface area contributed by atoms with Gasteiger partial charge < -0.3 is 0 Å². The van der Waals surface area contributed by atoms with E-state index in [4.69, 9.17) is 81.2 Å². The van der Waals surface area contributed by atoms with Crippen molar-refractivity contribution in [3.8, 4) is 0 Å². The molecule has 1 nitrogen and oxygen atoms in total. The van der Waals surface area contributed by atoms with Crippen LogP contribution in [0.3, 0.4) is 0 Å². The first-order valence-corrected chi connectivity index (χ1v) is 8.19. The number of benzene rings is 1. The molecule has 0 aliphatic rings. The van der Waals surface area contributed by atoms with Crippen LogP contribution in [0.15, 0.2) is 24.3 Å². The van der Waals surface area contributed by atoms with Crippen LogP contribution in [0.25, 0.3) is 0 Å². The molecule has 0 N–H and O–H groups in total. The second-order valence-corrected chi connectivity index (χ2v) is 9.07. The Bertz CT molecular complexity index is 467. The van der Waals surface area contributed by atoms with Gasteiger partial charge in [0.15, 0.2) is 4.33 Å². The number of hydrogen-bond acceptors (Lipinski definition) is 0. The van der Waals surface area contributed by atoms with Gasteiger partial charge in [-0.15, -0.1) is 0 Å². The first kappa shape index (κ1) is 19.3. The van der Waals surface area contributed by atoms with Crippen molar-refractivity contribution in [3.05, 3.63) is 35.4 Å². The zero-order chi connectivity index (χ0) is 15.8. The van der Waals surface area contributed by atoms with Gasteiger partial charge in [0, 0.05) is 0 Å². The van der Waals surface area contributed by atoms with Crippen LogP contribution >= 0.6 is 81.2 Å². The third-order valence-corrected chi connectivity index (χ3v) is 6.69. The predicted molar refractivity (Wildman–Crippen MR) is 88.3 cm³/mol. The molecule has 0 aliphatic heterocycles. The molecule has 8 heteroatoms. The van der Waals surface area contributed by atoms with E-state index in [1.165, 1.54) is 6.07 Å². The van der Waals surface area contributed by atoms with E-state index in [1.807, 2.05) is 0 Å². The van der Waals surface area contributed by atoms with Gasteiger partial charge in [0.1, 0.15) is 6.10 Å². The molecule has 0 saturated carbocycles. The zero-order valence-electron chi connectivity index (χ0n) is 10.1. The summed E-state index contributed by atoms with van der Waals surface area (Å²) < 4.78 is -6.29. The van der Waals surface area contributed by atoms with Gasteiger partial charge in [0.2, 0.25) is 8.13 Å². The van der Waals surface area contributed by atoms with E-state index in [9.17, 15) is 5.11 Å². The second-order valence-electron chi connectivity index (χ2n) is 4.13. The van der Waals surface area contributed by atoms with Gasteiger partial charge in [-0.25, -0.2) is 5.11 Å². The van der Waals surface area contributed by atoms with Crippen molar-refractivity contribution < 1.29 is 5.11 Å². The van der Waals surface area contributed by atoms with Crippen LogP contribution in [0.4, 0.5) is 0 Å². The molecular formula is C12H10Cl7O. The highest BCUT2D eigenvalue weighted by atomic mass is 35.6. The van der Waals surface area contributed by atoms with Crippen molar-refractivity contribution in [2.45, 2.75) is 31.9 Å². The van der Waals surface area contributed by atoms with Crippen LogP contribution < -0.4 is 0 Å². The van der Waals surface area contributed by atoms with Gasteiger partial charge in [-0.1, -0.05) is 112 Å². The van der Waals surface area contributed by atoms with Crippen LogP contribution in [0, 0.1) is 0 Å². The summed E-state index contributed by atoms with van der Waals surface area (Å²) in [6.07, 6.45) is -0.700. The Balaban J connectivity index is 3.43. The number of rotatable bonds is 4. The molecule has 1 rings (SSSR count). The standard InChI is InChI=1S/C12H10Cl7O/c1-2-9(20)7-5-3-4-6-8(7)10(13,14)11(15,16)12(17,18)19/h3-6,9H,2H2,1H3. The lowest BCUT2D eigenvalue weighted by atomic mass is 9.96. The van der Waals surface area contributed by atoms with E-state index in [1.54, 1.807) is 25.1 Å². The molecule has 0 bridgehead atoms. The van der Waals surface area contributed by atoms with Gasteiger partial charge in [0.25, 0.3) is 0 Å². The van der Waals surface area contributed by atoms with Crippen LogP contribution in [0.2, 0.25) is 0 Å². The lowest BCUT2D eigenvalue weighted by Gasteiger charge is -2.39. The largest absolute Gasteiger partial charge is 0.228 e. The summed E-state index contributed by atoms with van der Waals surface area (Å²) in [4.78, 5) is 0. The van der Waals surface area contributed by atoms with E-state index in [-0.39, 0.29) is 5.56 Å². The smallest absolute Gasteiger partial charge is 0.226 e. The Labute approximate surface area is 153 Å². The van der Waals surface area contributed by atoms with Gasteiger partial charge >= 0.3 is 0 Å². The van der Waals surface area contributed by atoms with Crippen molar-refractivity contribution in [1.82, 2.24) is 0 Å². The van der Waals surface area contributed by atoms with Crippen molar-refractivity contribution in [2.75, 3.05) is 0 Å². The number of halogens is 7. The molecule has 0 amide bonds. The first-order chi connectivity index (χ1) is 8.96. The first-order valence-electron chi connectivity index (χ1n) is 5.54. The zero-order valence-corrected chi connectivity index (χ0v) is 15.4. The van der Waals surface area contributed by atoms with Gasteiger partial charge in [-0.3, -0.25) is 0 Å². The average Bonchev–Trinajstić information content (AvgIpc) is 2.36. The fourth-order valence-corrected chi connectivity index (χ4v) is 3.18. The van der Waals surface area contributed by atoms with E-state index < -0.39 is 18.6 Å². The van der Waals surface area contributed by atoms with Crippen LogP contribution in [-0.4, -0.2) is 8.13 Å². The maximum absolute atomic E-state index is 12.0. The topological polar surface area (TPSA) is 19.9 Å². The molecule has 0 fully saturated rings. The molecule has 1 radical (unpaired) electrons. The Morgan fingerprint density at radius 3 is 1.95 bits per heavy atom. The normalized spacial score (nSPS) is 15.2. The van der Waals surface area contributed by atoms with Gasteiger partial charge in [-0.05, 0) is 17.5 Å². The van der Waals surface area contributed by atoms with E-state index >= 15 is 0 Å². The summed E-state index contributed by atoms with van der Waals surface area (Å²) in [5.74, 6) is 0. The predicted octanol–water partition coefficient (Wildman–Crippen LogP) is 6.74. The van der Waals surface area contributed by atoms with E-state index in [0.29, 0.717) is 12.0 Å². The molecule has 113 valence electrons. The fraction of sp³-hybridized carbons (Fsp3) is 0.500. The number of alkyl halides is 7. The minimum atomic E-state index is -2.16. The van der Waals surface area contributed by atoms with Crippen molar-refractivity contribution in [2.24, 2.45) is 0 Å². The molecule has 0 heterocycles. The summed E-state index contributed by atoms with van der Waals surface area (Å²) in [6.45, 7) is 1.74. The van der Waals surface area contributed by atoms with Gasteiger partial charge in [0.05, 0.1) is 0 Å². The van der Waals surface area contributed by atoms with Crippen molar-refractivity contribution in [3.63, 3.8) is 0 Å². The van der Waals surface area contributed by atoms with Crippen molar-refractivity contribution >= 4 is 81.2 Å². The quantitative estimate of drug-likeness (QED) is 0.483. The fourth-order valence-electron chi connectivity index (χ4n) is 1.63. The molecule has 1 aromatic rings. The van der Waals surface area contributed by atoms with E-state index in [2.05, 4.69) is 0 Å². The van der Waals surface area contributed by atoms with Crippen LogP contribution in [0.5, 0.6) is 0 Å². The highest BCUT2D eigenvalue weighted by Crippen LogP contribution is 2.61. The summed E-state index contributed by atoms with van der Waals surface area (Å²) >= 11 is 41.9. The van der Waals surface area contributed by atoms with E-state index in [0.717, 1.165) is 0 Å². The van der Waals surface area contributed by atoms with Crippen molar-refractivity contribution in [1.29, 1.82) is 0 Å². The lowest BCUT2D eigenvalue weighted by Crippen LogP contribution is -2.45. The minimum absolute atomic E-state index is 0.224. The molecular weight excluding hydrogens is 408 g/mol. The average molecular weight is 418 g/mol. The maximum atomic E-state index is 12.0. The number of hydrogen-bond donors (Lipinski definition) is 0. The molecule has 0 saturated heterocycles. The lowest BCUT2D eigenvalue weighted by molar-refractivity contribution is 0.0846. The molecule has 1 unspecified atom stereocenters. The molecule has 0 spiro atoms. The highest BCUT2D eigenvalue weighted by Gasteiger charge is 2.61. The highest BCUT2D eigenvalue weighted by molar-refractivity contribution is 6.78. The summed E-state index contributed by atoms with van der Waals surface area (Å²) in [6, 6.07) is 6.45. The minimum Gasteiger partial charge on any atom is -0.228 e. The molecule has 0 aromatic heterocycles. The Kier molecular flexibility index (Phi) is 6.51. The third kappa shape index (κ3) is 3.58. The molecule has 20 heavy (non-hydrogen) atoms. The Hall–Kier alpha value is 1.21. The van der Waals surface area contributed by atoms with Crippen LogP contribution in [-0.2, 0) is 9.44 Å². The maximum Gasteiger partial charge on any atom is 0.226 e. The van der Waals surface area contributed by atoms with Crippen LogP contribution in [0.1, 0.15) is 30.6 Å².